The van der Waals surface area contributed by atoms with Gasteiger partial charge in [0.2, 0.25) is 5.95 Å². The Morgan fingerprint density at radius 1 is 1.09 bits per heavy atom. The predicted molar refractivity (Wildman–Crippen MR) is 120 cm³/mol. The van der Waals surface area contributed by atoms with Crippen LogP contribution < -0.4 is 27.2 Å². The van der Waals surface area contributed by atoms with Crippen molar-refractivity contribution in [3.63, 3.8) is 0 Å². The van der Waals surface area contributed by atoms with Crippen molar-refractivity contribution in [1.29, 1.82) is 0 Å². The predicted octanol–water partition coefficient (Wildman–Crippen LogP) is -0.847. The van der Waals surface area contributed by atoms with Crippen LogP contribution in [0.5, 0.6) is 0 Å². The Hall–Kier alpha value is -4.59. The van der Waals surface area contributed by atoms with Crippen molar-refractivity contribution in [2.24, 2.45) is 0 Å². The molecule has 0 fully saturated rings. The van der Waals surface area contributed by atoms with Crippen molar-refractivity contribution in [2.75, 3.05) is 18.1 Å². The lowest BCUT2D eigenvalue weighted by atomic mass is 10.1. The van der Waals surface area contributed by atoms with E-state index >= 15 is 0 Å². The number of H-pyrrole nitrogens is 1. The molecule has 0 aliphatic carbocycles. The highest BCUT2D eigenvalue weighted by molar-refractivity contribution is 5.97. The van der Waals surface area contributed by atoms with Crippen LogP contribution >= 0.6 is 0 Å². The van der Waals surface area contributed by atoms with Crippen LogP contribution in [-0.2, 0) is 16.1 Å². The Kier molecular flexibility index (Phi) is 7.33. The lowest BCUT2D eigenvalue weighted by molar-refractivity contribution is -0.142. The average Bonchev–Trinajstić information content (AvgIpc) is 2.80. The van der Waals surface area contributed by atoms with Crippen LogP contribution in [0.15, 0.2) is 35.3 Å². The average molecular weight is 470 g/mol. The molecule has 2 aromatic heterocycles. The number of carboxylic acid groups (broad SMARTS) is 2. The fourth-order valence-electron chi connectivity index (χ4n) is 3.03. The highest BCUT2D eigenvalue weighted by atomic mass is 16.4. The molecule has 0 aliphatic heterocycles. The molecule has 0 radical (unpaired) electrons. The molecule has 14 nitrogen and oxygen atoms in total. The normalized spacial score (nSPS) is 12.6. The molecule has 8 N–H and O–H groups in total. The number of carbonyl (C=O) groups excluding carboxylic acids is 1. The van der Waals surface area contributed by atoms with Crippen LogP contribution in [0.4, 0.5) is 11.6 Å². The molecule has 2 unspecified atom stereocenters. The standard InChI is InChI=1S/C20H22N8O6/c1-22-12(18(31)32)6-13(19(33)34)26-16(29)9-2-4-10(5-3-9)23-7-11-8-24-15-14(25-11)17(30)28-20(21)27-15/h2-5,8,12-13,22-23H,6-7H2,1H3,(H,26,29)(H,31,32)(H,33,34)(H3,21,24,27,28,30). The number of carbonyl (C=O) groups is 3. The summed E-state index contributed by atoms with van der Waals surface area (Å²) in [7, 11) is 1.39. The van der Waals surface area contributed by atoms with Gasteiger partial charge in [-0.3, -0.25) is 19.4 Å². The highest BCUT2D eigenvalue weighted by Crippen LogP contribution is 2.12. The minimum absolute atomic E-state index is 0.0527. The number of fused-ring (bicyclic) bond motifs is 1. The second kappa shape index (κ2) is 10.4. The maximum Gasteiger partial charge on any atom is 0.326 e. The van der Waals surface area contributed by atoms with E-state index in [1.54, 1.807) is 12.1 Å². The summed E-state index contributed by atoms with van der Waals surface area (Å²) >= 11 is 0. The van der Waals surface area contributed by atoms with Crippen molar-refractivity contribution in [2.45, 2.75) is 25.0 Å². The number of rotatable bonds is 10. The van der Waals surface area contributed by atoms with E-state index in [0.717, 1.165) is 0 Å². The second-order valence-corrected chi connectivity index (χ2v) is 7.20. The van der Waals surface area contributed by atoms with Crippen molar-refractivity contribution in [3.05, 3.63) is 52.1 Å². The molecule has 1 aromatic carbocycles. The third kappa shape index (κ3) is 5.80. The van der Waals surface area contributed by atoms with Gasteiger partial charge in [0.25, 0.3) is 11.5 Å². The molecule has 3 rings (SSSR count). The maximum absolute atomic E-state index is 12.4. The smallest absolute Gasteiger partial charge is 0.326 e. The van der Waals surface area contributed by atoms with Crippen molar-refractivity contribution in [3.8, 4) is 0 Å². The Bertz CT molecular complexity index is 1280. The van der Waals surface area contributed by atoms with Gasteiger partial charge in [0.05, 0.1) is 18.4 Å². The number of nitrogen functional groups attached to an aromatic ring is 1. The van der Waals surface area contributed by atoms with Crippen LogP contribution in [0.3, 0.4) is 0 Å². The van der Waals surface area contributed by atoms with Gasteiger partial charge < -0.3 is 31.9 Å². The number of aromatic nitrogens is 4. The summed E-state index contributed by atoms with van der Waals surface area (Å²) in [6, 6.07) is 3.64. The molecule has 34 heavy (non-hydrogen) atoms. The van der Waals surface area contributed by atoms with Crippen molar-refractivity contribution in [1.82, 2.24) is 30.6 Å². The molecule has 3 aromatic rings. The van der Waals surface area contributed by atoms with Gasteiger partial charge >= 0.3 is 11.9 Å². The molecular weight excluding hydrogens is 448 g/mol. The molecule has 2 heterocycles. The zero-order chi connectivity index (χ0) is 24.8. The van der Waals surface area contributed by atoms with Crippen LogP contribution in [-0.4, -0.2) is 67.1 Å². The number of likely N-dealkylation sites (N-methyl/N-ethyl adjacent to an activating group) is 1. The first kappa shape index (κ1) is 24.1. The zero-order valence-electron chi connectivity index (χ0n) is 17.9. The van der Waals surface area contributed by atoms with E-state index in [1.807, 2.05) is 0 Å². The van der Waals surface area contributed by atoms with Gasteiger partial charge in [0.1, 0.15) is 12.1 Å². The summed E-state index contributed by atoms with van der Waals surface area (Å²) in [5, 5.41) is 26.3. The van der Waals surface area contributed by atoms with Gasteiger partial charge in [-0.05, 0) is 31.3 Å². The van der Waals surface area contributed by atoms with Gasteiger partial charge in [0, 0.05) is 17.7 Å². The molecule has 0 saturated carbocycles. The largest absolute Gasteiger partial charge is 0.480 e. The van der Waals surface area contributed by atoms with Gasteiger partial charge in [-0.1, -0.05) is 0 Å². The molecule has 2 atom stereocenters. The molecule has 14 heteroatoms. The van der Waals surface area contributed by atoms with E-state index in [4.69, 9.17) is 10.8 Å². The number of benzene rings is 1. The summed E-state index contributed by atoms with van der Waals surface area (Å²) in [5.41, 5.74) is 6.44. The quantitative estimate of drug-likeness (QED) is 0.192. The zero-order valence-corrected chi connectivity index (χ0v) is 17.9. The highest BCUT2D eigenvalue weighted by Gasteiger charge is 2.27. The van der Waals surface area contributed by atoms with Gasteiger partial charge in [-0.2, -0.15) is 4.98 Å². The van der Waals surface area contributed by atoms with Crippen LogP contribution in [0.25, 0.3) is 11.2 Å². The van der Waals surface area contributed by atoms with Gasteiger partial charge in [-0.15, -0.1) is 0 Å². The minimum Gasteiger partial charge on any atom is -0.480 e. The fourth-order valence-corrected chi connectivity index (χ4v) is 3.03. The lowest BCUT2D eigenvalue weighted by Gasteiger charge is -2.18. The monoisotopic (exact) mass is 470 g/mol. The Morgan fingerprint density at radius 3 is 2.38 bits per heavy atom. The third-order valence-corrected chi connectivity index (χ3v) is 4.83. The summed E-state index contributed by atoms with van der Waals surface area (Å²) < 4.78 is 0. The summed E-state index contributed by atoms with van der Waals surface area (Å²) in [4.78, 5) is 61.5. The van der Waals surface area contributed by atoms with E-state index in [9.17, 15) is 24.3 Å². The van der Waals surface area contributed by atoms with Gasteiger partial charge in [0.15, 0.2) is 11.2 Å². The van der Waals surface area contributed by atoms with E-state index < -0.39 is 35.5 Å². The number of aromatic amines is 1. The molecule has 0 saturated heterocycles. The summed E-state index contributed by atoms with van der Waals surface area (Å²) in [6.07, 6.45) is 1.12. The van der Waals surface area contributed by atoms with E-state index in [2.05, 4.69) is 35.9 Å². The number of carboxylic acids is 2. The molecule has 0 spiro atoms. The molecule has 178 valence electrons. The van der Waals surface area contributed by atoms with Crippen LogP contribution in [0, 0.1) is 0 Å². The minimum atomic E-state index is -1.39. The Balaban J connectivity index is 1.63. The van der Waals surface area contributed by atoms with Gasteiger partial charge in [-0.25, -0.2) is 14.8 Å². The number of nitrogens with one attached hydrogen (secondary N) is 4. The molecule has 0 bridgehead atoms. The Labute approximate surface area is 191 Å². The molecule has 0 aliphatic rings. The first-order chi connectivity index (χ1) is 16.2. The van der Waals surface area contributed by atoms with Crippen LogP contribution in [0.1, 0.15) is 22.5 Å². The van der Waals surface area contributed by atoms with Crippen molar-refractivity contribution < 1.29 is 24.6 Å². The Morgan fingerprint density at radius 2 is 1.76 bits per heavy atom. The number of aliphatic carboxylic acids is 2. The maximum atomic E-state index is 12.4. The number of amides is 1. The first-order valence-corrected chi connectivity index (χ1v) is 9.97. The molecular formula is C20H22N8O6. The van der Waals surface area contributed by atoms with E-state index in [0.29, 0.717) is 11.4 Å². The summed E-state index contributed by atoms with van der Waals surface area (Å²) in [5.74, 6) is -3.29. The lowest BCUT2D eigenvalue weighted by Crippen LogP contribution is -2.47. The van der Waals surface area contributed by atoms with E-state index in [-0.39, 0.29) is 35.6 Å². The van der Waals surface area contributed by atoms with Crippen molar-refractivity contribution >= 4 is 40.6 Å². The number of nitrogens with zero attached hydrogens (tertiary/aromatic N) is 3. The fraction of sp³-hybridized carbons (Fsp3) is 0.250. The second-order valence-electron chi connectivity index (χ2n) is 7.20. The number of hydrogen-bond donors (Lipinski definition) is 7. The van der Waals surface area contributed by atoms with E-state index in [1.165, 1.54) is 25.4 Å². The van der Waals surface area contributed by atoms with Crippen LogP contribution in [0.2, 0.25) is 0 Å². The SMILES string of the molecule is CNC(CC(NC(=O)c1ccc(NCc2cnc3nc(N)[nH]c(=O)c3n2)cc1)C(=O)O)C(=O)O. The third-order valence-electron chi connectivity index (χ3n) is 4.83. The first-order valence-electron chi connectivity index (χ1n) is 9.97. The number of anilines is 2. The topological polar surface area (TPSA) is 225 Å². The number of hydrogen-bond acceptors (Lipinski definition) is 10. The number of nitrogens with two attached hydrogens (primary N) is 1. The summed E-state index contributed by atoms with van der Waals surface area (Å²) in [6.45, 7) is 0.222. The molecule has 1 amide bonds.